The summed E-state index contributed by atoms with van der Waals surface area (Å²) in [6.45, 7) is 2.50. The normalized spacial score (nSPS) is 18.8. The first-order valence-corrected chi connectivity index (χ1v) is 9.25. The molecule has 0 saturated carbocycles. The van der Waals surface area contributed by atoms with E-state index in [1.165, 1.54) is 26.5 Å². The number of nitrogens with zero attached hydrogens (tertiary/aromatic N) is 4. The summed E-state index contributed by atoms with van der Waals surface area (Å²) in [6.07, 6.45) is 1.98. The third-order valence-corrected chi connectivity index (χ3v) is 5.15. The van der Waals surface area contributed by atoms with Crippen molar-refractivity contribution in [2.45, 2.75) is 18.9 Å². The minimum atomic E-state index is -0.918. The van der Waals surface area contributed by atoms with E-state index in [-0.39, 0.29) is 29.7 Å². The summed E-state index contributed by atoms with van der Waals surface area (Å²) in [5.41, 5.74) is 4.89. The standard InChI is InChI=1S/C20H21F2N5O3/c1-20(28)4-5-27(9-20)18-17-10(8-24-19(23)26-17)6-11(25-18)14-15(21)12(29-2)7-13(30-3)16(14)22/h6-8,28H,4-5,9H2,1-3H3,(H2,23,24,26). The number of rotatable bonds is 4. The van der Waals surface area contributed by atoms with Crippen LogP contribution < -0.4 is 20.1 Å². The number of hydrogen-bond acceptors (Lipinski definition) is 8. The van der Waals surface area contributed by atoms with E-state index < -0.39 is 22.8 Å². The molecule has 3 N–H and O–H groups in total. The van der Waals surface area contributed by atoms with E-state index in [4.69, 9.17) is 15.2 Å². The molecule has 3 aromatic rings. The van der Waals surface area contributed by atoms with E-state index >= 15 is 8.78 Å². The van der Waals surface area contributed by atoms with Gasteiger partial charge in [0.25, 0.3) is 0 Å². The molecule has 158 valence electrons. The average Bonchev–Trinajstić information content (AvgIpc) is 3.07. The Hall–Kier alpha value is -3.27. The highest BCUT2D eigenvalue weighted by Crippen LogP contribution is 2.39. The summed E-state index contributed by atoms with van der Waals surface area (Å²) in [7, 11) is 2.56. The zero-order chi connectivity index (χ0) is 21.6. The molecule has 1 fully saturated rings. The minimum absolute atomic E-state index is 0.0182. The largest absolute Gasteiger partial charge is 0.494 e. The highest BCUT2D eigenvalue weighted by molar-refractivity contribution is 5.92. The number of aromatic nitrogens is 3. The SMILES string of the molecule is COc1cc(OC)c(F)c(-c2cc3cnc(N)nc3c(N3CCC(C)(O)C3)n2)c1F. The molecule has 1 aliphatic rings. The van der Waals surface area contributed by atoms with Crippen LogP contribution in [0, 0.1) is 11.6 Å². The Bertz CT molecular complexity index is 1110. The molecule has 3 heterocycles. The topological polar surface area (TPSA) is 107 Å². The van der Waals surface area contributed by atoms with Gasteiger partial charge in [0.2, 0.25) is 5.95 Å². The molecule has 2 aromatic heterocycles. The average molecular weight is 417 g/mol. The Labute approximate surface area is 171 Å². The molecule has 30 heavy (non-hydrogen) atoms. The number of aliphatic hydroxyl groups is 1. The lowest BCUT2D eigenvalue weighted by atomic mass is 10.1. The predicted molar refractivity (Wildman–Crippen MR) is 108 cm³/mol. The van der Waals surface area contributed by atoms with E-state index in [9.17, 15) is 5.11 Å². The number of fused-ring (bicyclic) bond motifs is 1. The second-order valence-corrected chi connectivity index (χ2v) is 7.45. The van der Waals surface area contributed by atoms with Gasteiger partial charge in [-0.05, 0) is 19.4 Å². The zero-order valence-electron chi connectivity index (χ0n) is 16.7. The number of nitrogen functional groups attached to an aromatic ring is 1. The van der Waals surface area contributed by atoms with Crippen molar-refractivity contribution in [1.82, 2.24) is 15.0 Å². The second kappa shape index (κ2) is 7.21. The summed E-state index contributed by atoms with van der Waals surface area (Å²) >= 11 is 0. The van der Waals surface area contributed by atoms with Gasteiger partial charge in [-0.25, -0.2) is 23.7 Å². The maximum atomic E-state index is 15.1. The zero-order valence-corrected chi connectivity index (χ0v) is 16.7. The van der Waals surface area contributed by atoms with Crippen LogP contribution in [0.2, 0.25) is 0 Å². The Morgan fingerprint density at radius 3 is 2.37 bits per heavy atom. The van der Waals surface area contributed by atoms with E-state index in [1.807, 2.05) is 4.90 Å². The molecule has 1 atom stereocenters. The van der Waals surface area contributed by atoms with Crippen molar-refractivity contribution in [3.63, 3.8) is 0 Å². The van der Waals surface area contributed by atoms with Gasteiger partial charge in [0.05, 0.1) is 31.1 Å². The van der Waals surface area contributed by atoms with Gasteiger partial charge in [0.1, 0.15) is 5.52 Å². The molecule has 0 aliphatic carbocycles. The lowest BCUT2D eigenvalue weighted by molar-refractivity contribution is 0.0839. The van der Waals surface area contributed by atoms with Crippen molar-refractivity contribution >= 4 is 22.7 Å². The quantitative estimate of drug-likeness (QED) is 0.667. The molecule has 0 radical (unpaired) electrons. The Morgan fingerprint density at radius 1 is 1.13 bits per heavy atom. The monoisotopic (exact) mass is 417 g/mol. The van der Waals surface area contributed by atoms with E-state index in [0.29, 0.717) is 29.7 Å². The molecule has 4 rings (SSSR count). The number of pyridine rings is 1. The summed E-state index contributed by atoms with van der Waals surface area (Å²) in [5, 5.41) is 10.9. The van der Waals surface area contributed by atoms with Crippen LogP contribution in [0.5, 0.6) is 11.5 Å². The number of benzene rings is 1. The molecular formula is C20H21F2N5O3. The fourth-order valence-corrected chi connectivity index (χ4v) is 3.62. The van der Waals surface area contributed by atoms with Crippen LogP contribution in [0.4, 0.5) is 20.5 Å². The highest BCUT2D eigenvalue weighted by Gasteiger charge is 2.34. The van der Waals surface area contributed by atoms with Gasteiger partial charge in [-0.15, -0.1) is 0 Å². The van der Waals surface area contributed by atoms with Gasteiger partial charge in [0, 0.05) is 30.7 Å². The third kappa shape index (κ3) is 3.32. The summed E-state index contributed by atoms with van der Waals surface area (Å²) in [4.78, 5) is 14.6. The lowest BCUT2D eigenvalue weighted by Gasteiger charge is -2.22. The third-order valence-electron chi connectivity index (χ3n) is 5.15. The Kier molecular flexibility index (Phi) is 4.81. The maximum absolute atomic E-state index is 15.1. The van der Waals surface area contributed by atoms with Crippen LogP contribution in [0.1, 0.15) is 13.3 Å². The van der Waals surface area contributed by atoms with Crippen molar-refractivity contribution in [3.05, 3.63) is 30.0 Å². The van der Waals surface area contributed by atoms with Gasteiger partial charge in [-0.2, -0.15) is 0 Å². The molecule has 0 spiro atoms. The van der Waals surface area contributed by atoms with Crippen molar-refractivity contribution < 1.29 is 23.4 Å². The molecule has 10 heteroatoms. The van der Waals surface area contributed by atoms with Gasteiger partial charge >= 0.3 is 0 Å². The van der Waals surface area contributed by atoms with Crippen LogP contribution in [-0.4, -0.2) is 53.0 Å². The van der Waals surface area contributed by atoms with Gasteiger partial charge in [-0.1, -0.05) is 0 Å². The van der Waals surface area contributed by atoms with E-state index in [1.54, 1.807) is 6.92 Å². The first-order valence-electron chi connectivity index (χ1n) is 9.25. The van der Waals surface area contributed by atoms with Crippen molar-refractivity contribution in [2.75, 3.05) is 37.9 Å². The Morgan fingerprint density at radius 2 is 1.80 bits per heavy atom. The maximum Gasteiger partial charge on any atom is 0.220 e. The van der Waals surface area contributed by atoms with Gasteiger partial charge < -0.3 is 25.2 Å². The Balaban J connectivity index is 1.99. The molecule has 1 saturated heterocycles. The van der Waals surface area contributed by atoms with Crippen LogP contribution in [0.25, 0.3) is 22.2 Å². The molecule has 1 aromatic carbocycles. The molecule has 1 aliphatic heterocycles. The van der Waals surface area contributed by atoms with E-state index in [0.717, 1.165) is 6.07 Å². The lowest BCUT2D eigenvalue weighted by Crippen LogP contribution is -2.30. The predicted octanol–water partition coefficient (Wildman–Crippen LogP) is 2.53. The fourth-order valence-electron chi connectivity index (χ4n) is 3.62. The van der Waals surface area contributed by atoms with Crippen molar-refractivity contribution in [3.8, 4) is 22.8 Å². The first kappa shape index (κ1) is 20.0. The van der Waals surface area contributed by atoms with E-state index in [2.05, 4.69) is 15.0 Å². The van der Waals surface area contributed by atoms with Crippen molar-refractivity contribution in [1.29, 1.82) is 0 Å². The second-order valence-electron chi connectivity index (χ2n) is 7.45. The summed E-state index contributed by atoms with van der Waals surface area (Å²) in [5.74, 6) is -1.76. The number of β-amino-alcohol motifs (C(OH)–C–C–N with tert-alkyl or cyclic N) is 1. The van der Waals surface area contributed by atoms with Crippen LogP contribution >= 0.6 is 0 Å². The molecule has 1 unspecified atom stereocenters. The number of hydrogen-bond donors (Lipinski definition) is 2. The molecule has 0 amide bonds. The minimum Gasteiger partial charge on any atom is -0.494 e. The van der Waals surface area contributed by atoms with Gasteiger partial charge in [0.15, 0.2) is 29.0 Å². The summed E-state index contributed by atoms with van der Waals surface area (Å²) < 4.78 is 40.2. The molecule has 0 bridgehead atoms. The summed E-state index contributed by atoms with van der Waals surface area (Å²) in [6, 6.07) is 2.62. The van der Waals surface area contributed by atoms with Crippen LogP contribution in [0.3, 0.4) is 0 Å². The first-order chi connectivity index (χ1) is 14.2. The number of ether oxygens (including phenoxy) is 2. The number of halogens is 2. The van der Waals surface area contributed by atoms with Crippen molar-refractivity contribution in [2.24, 2.45) is 0 Å². The number of anilines is 2. The highest BCUT2D eigenvalue weighted by atomic mass is 19.1. The van der Waals surface area contributed by atoms with Crippen LogP contribution in [-0.2, 0) is 0 Å². The number of methoxy groups -OCH3 is 2. The van der Waals surface area contributed by atoms with Crippen LogP contribution in [0.15, 0.2) is 18.3 Å². The smallest absolute Gasteiger partial charge is 0.220 e. The number of nitrogens with two attached hydrogens (primary N) is 1. The molecular weight excluding hydrogens is 396 g/mol. The molecule has 8 nitrogen and oxygen atoms in total. The fraction of sp³-hybridized carbons (Fsp3) is 0.350. The van der Waals surface area contributed by atoms with Gasteiger partial charge in [-0.3, -0.25) is 0 Å².